The Morgan fingerprint density at radius 3 is 2.74 bits per heavy atom. The van der Waals surface area contributed by atoms with E-state index in [0.29, 0.717) is 0 Å². The first kappa shape index (κ1) is 19.3. The molecule has 5 nitrogen and oxygen atoms in total. The Morgan fingerprint density at radius 2 is 2.07 bits per heavy atom. The summed E-state index contributed by atoms with van der Waals surface area (Å²) in [6.07, 6.45) is 1.53. The summed E-state index contributed by atoms with van der Waals surface area (Å²) in [7, 11) is 0. The molecule has 0 aliphatic rings. The molecule has 1 amide bonds. The minimum absolute atomic E-state index is 0.0208. The molecule has 0 bridgehead atoms. The number of fused-ring (bicyclic) bond motifs is 1. The molecule has 0 saturated carbocycles. The fraction of sp³-hybridized carbons (Fsp3) is 0.300. The quantitative estimate of drug-likeness (QED) is 0.490. The smallest absolute Gasteiger partial charge is 0.231 e. The molecule has 0 radical (unpaired) electrons. The zero-order chi connectivity index (χ0) is 19.4. The number of hydrogen-bond donors (Lipinski definition) is 1. The fourth-order valence-corrected chi connectivity index (χ4v) is 4.30. The van der Waals surface area contributed by atoms with E-state index in [4.69, 9.17) is 0 Å². The van der Waals surface area contributed by atoms with Crippen LogP contribution in [-0.2, 0) is 4.79 Å². The Hall–Kier alpha value is -2.43. The summed E-state index contributed by atoms with van der Waals surface area (Å²) in [5.41, 5.74) is 0.262. The van der Waals surface area contributed by atoms with Crippen molar-refractivity contribution in [2.45, 2.75) is 31.3 Å². The third-order valence-corrected chi connectivity index (χ3v) is 6.57. The van der Waals surface area contributed by atoms with Gasteiger partial charge in [0.15, 0.2) is 0 Å². The van der Waals surface area contributed by atoms with Gasteiger partial charge in [-0.2, -0.15) is 5.26 Å². The van der Waals surface area contributed by atoms with Crippen LogP contribution >= 0.6 is 23.1 Å². The standard InChI is InChI=1S/C20H20N4OS2/c1-13(2)20(3,11-21)24-17(25)10-26-18-15-9-16(14-7-5-4-6-8-14)27-19(15)23-12-22-18/h4-9,12-13H,10H2,1-3H3,(H,24,25)/t20-/m0/s1. The first-order chi connectivity index (χ1) is 12.9. The van der Waals surface area contributed by atoms with Crippen LogP contribution < -0.4 is 5.32 Å². The molecule has 1 N–H and O–H groups in total. The van der Waals surface area contributed by atoms with Crippen molar-refractivity contribution in [3.8, 4) is 16.5 Å². The van der Waals surface area contributed by atoms with Gasteiger partial charge < -0.3 is 5.32 Å². The van der Waals surface area contributed by atoms with Crippen molar-refractivity contribution in [2.75, 3.05) is 5.75 Å². The number of amides is 1. The van der Waals surface area contributed by atoms with Crippen molar-refractivity contribution < 1.29 is 4.79 Å². The summed E-state index contributed by atoms with van der Waals surface area (Å²) < 4.78 is 0. The molecule has 3 rings (SSSR count). The van der Waals surface area contributed by atoms with Crippen molar-refractivity contribution in [3.63, 3.8) is 0 Å². The van der Waals surface area contributed by atoms with Crippen LogP contribution in [0.5, 0.6) is 0 Å². The molecule has 1 aromatic carbocycles. The van der Waals surface area contributed by atoms with E-state index in [0.717, 1.165) is 25.7 Å². The van der Waals surface area contributed by atoms with Crippen molar-refractivity contribution in [1.82, 2.24) is 15.3 Å². The average molecular weight is 397 g/mol. The van der Waals surface area contributed by atoms with Crippen molar-refractivity contribution in [1.29, 1.82) is 5.26 Å². The van der Waals surface area contributed by atoms with E-state index in [2.05, 4.69) is 39.6 Å². The SMILES string of the molecule is CC(C)[C@](C)(C#N)NC(=O)CSc1ncnc2sc(-c3ccccc3)cc12. The average Bonchev–Trinajstić information content (AvgIpc) is 3.11. The Kier molecular flexibility index (Phi) is 5.78. The third kappa shape index (κ3) is 4.29. The highest BCUT2D eigenvalue weighted by Crippen LogP contribution is 2.36. The number of carbonyl (C=O) groups is 1. The molecule has 3 aromatic rings. The number of nitrogens with one attached hydrogen (secondary N) is 1. The van der Waals surface area contributed by atoms with Crippen LogP contribution in [0.3, 0.4) is 0 Å². The van der Waals surface area contributed by atoms with E-state index in [-0.39, 0.29) is 17.6 Å². The van der Waals surface area contributed by atoms with Crippen LogP contribution in [-0.4, -0.2) is 27.2 Å². The van der Waals surface area contributed by atoms with Gasteiger partial charge in [0.05, 0.1) is 11.8 Å². The molecule has 2 heterocycles. The molecule has 0 aliphatic carbocycles. The molecule has 1 atom stereocenters. The number of thiophene rings is 1. The molecule has 138 valence electrons. The largest absolute Gasteiger partial charge is 0.337 e. The van der Waals surface area contributed by atoms with Gasteiger partial charge in [-0.25, -0.2) is 9.97 Å². The summed E-state index contributed by atoms with van der Waals surface area (Å²) in [6.45, 7) is 5.58. The van der Waals surface area contributed by atoms with Gasteiger partial charge >= 0.3 is 0 Å². The van der Waals surface area contributed by atoms with E-state index in [1.165, 1.54) is 18.1 Å². The normalized spacial score (nSPS) is 13.3. The highest BCUT2D eigenvalue weighted by molar-refractivity contribution is 8.00. The van der Waals surface area contributed by atoms with Gasteiger partial charge in [-0.05, 0) is 24.5 Å². The van der Waals surface area contributed by atoms with Gasteiger partial charge in [0.2, 0.25) is 5.91 Å². The molecule has 2 aromatic heterocycles. The lowest BCUT2D eigenvalue weighted by Crippen LogP contribution is -2.49. The molecular formula is C20H20N4OS2. The first-order valence-electron chi connectivity index (χ1n) is 8.58. The number of nitriles is 1. The van der Waals surface area contributed by atoms with Crippen LogP contribution in [0.15, 0.2) is 47.8 Å². The Labute approximate surface area is 166 Å². The highest BCUT2D eigenvalue weighted by atomic mass is 32.2. The highest BCUT2D eigenvalue weighted by Gasteiger charge is 2.29. The zero-order valence-corrected chi connectivity index (χ0v) is 17.0. The topological polar surface area (TPSA) is 78.7 Å². The molecule has 0 unspecified atom stereocenters. The van der Waals surface area contributed by atoms with Crippen LogP contribution in [0, 0.1) is 17.2 Å². The molecule has 0 spiro atoms. The van der Waals surface area contributed by atoms with Gasteiger partial charge in [0.25, 0.3) is 0 Å². The predicted octanol–water partition coefficient (Wildman–Crippen LogP) is 4.50. The van der Waals surface area contributed by atoms with Gasteiger partial charge in [-0.3, -0.25) is 4.79 Å². The summed E-state index contributed by atoms with van der Waals surface area (Å²) in [5.74, 6) is 0.0441. The van der Waals surface area contributed by atoms with Gasteiger partial charge in [0.1, 0.15) is 21.7 Å². The van der Waals surface area contributed by atoms with Gasteiger partial charge in [-0.15, -0.1) is 11.3 Å². The lowest BCUT2D eigenvalue weighted by Gasteiger charge is -2.27. The number of aromatic nitrogens is 2. The molecule has 0 fully saturated rings. The van der Waals surface area contributed by atoms with E-state index in [9.17, 15) is 10.1 Å². The summed E-state index contributed by atoms with van der Waals surface area (Å²) in [5, 5.41) is 13.9. The van der Waals surface area contributed by atoms with E-state index >= 15 is 0 Å². The summed E-state index contributed by atoms with van der Waals surface area (Å²) >= 11 is 2.97. The Balaban J connectivity index is 1.77. The number of thioether (sulfide) groups is 1. The summed E-state index contributed by atoms with van der Waals surface area (Å²) in [6, 6.07) is 14.4. The molecule has 0 aliphatic heterocycles. The molecule has 7 heteroatoms. The summed E-state index contributed by atoms with van der Waals surface area (Å²) in [4.78, 5) is 23.1. The Bertz CT molecular complexity index is 994. The van der Waals surface area contributed by atoms with E-state index in [1.54, 1.807) is 18.3 Å². The third-order valence-electron chi connectivity index (χ3n) is 4.48. The number of nitrogens with zero attached hydrogens (tertiary/aromatic N) is 3. The van der Waals surface area contributed by atoms with Crippen molar-refractivity contribution in [2.24, 2.45) is 5.92 Å². The maximum atomic E-state index is 12.3. The minimum atomic E-state index is -0.874. The Morgan fingerprint density at radius 1 is 1.33 bits per heavy atom. The van der Waals surface area contributed by atoms with E-state index < -0.39 is 5.54 Å². The second kappa shape index (κ2) is 8.07. The number of hydrogen-bond acceptors (Lipinski definition) is 6. The first-order valence-corrected chi connectivity index (χ1v) is 10.4. The fourth-order valence-electron chi connectivity index (χ4n) is 2.45. The monoisotopic (exact) mass is 396 g/mol. The molecule has 0 saturated heterocycles. The maximum Gasteiger partial charge on any atom is 0.231 e. The number of carbonyl (C=O) groups excluding carboxylic acids is 1. The second-order valence-electron chi connectivity index (χ2n) is 6.68. The van der Waals surface area contributed by atoms with Crippen LogP contribution in [0.4, 0.5) is 0 Å². The van der Waals surface area contributed by atoms with Gasteiger partial charge in [-0.1, -0.05) is 55.9 Å². The minimum Gasteiger partial charge on any atom is -0.337 e. The van der Waals surface area contributed by atoms with Crippen LogP contribution in [0.2, 0.25) is 0 Å². The number of benzene rings is 1. The zero-order valence-electron chi connectivity index (χ0n) is 15.4. The lowest BCUT2D eigenvalue weighted by molar-refractivity contribution is -0.120. The second-order valence-corrected chi connectivity index (χ2v) is 8.67. The molecular weight excluding hydrogens is 376 g/mol. The van der Waals surface area contributed by atoms with Crippen LogP contribution in [0.1, 0.15) is 20.8 Å². The van der Waals surface area contributed by atoms with Gasteiger partial charge in [0, 0.05) is 10.3 Å². The lowest BCUT2D eigenvalue weighted by atomic mass is 9.90. The maximum absolute atomic E-state index is 12.3. The number of rotatable bonds is 6. The van der Waals surface area contributed by atoms with Crippen LogP contribution in [0.25, 0.3) is 20.7 Å². The predicted molar refractivity (Wildman–Crippen MR) is 111 cm³/mol. The van der Waals surface area contributed by atoms with Crippen molar-refractivity contribution in [3.05, 3.63) is 42.7 Å². The molecule has 27 heavy (non-hydrogen) atoms. The van der Waals surface area contributed by atoms with E-state index in [1.807, 2.05) is 32.0 Å². The van der Waals surface area contributed by atoms with Crippen molar-refractivity contribution >= 4 is 39.2 Å².